The molecule has 0 aromatic rings. The van der Waals surface area contributed by atoms with Gasteiger partial charge in [0.1, 0.15) is 5.78 Å². The lowest BCUT2D eigenvalue weighted by molar-refractivity contribution is -0.120. The molecule has 0 aliphatic heterocycles. The maximum atomic E-state index is 11.7. The van der Waals surface area contributed by atoms with Crippen molar-refractivity contribution < 1.29 is 9.53 Å². The minimum absolute atomic E-state index is 0.176. The molecule has 0 N–H and O–H groups in total. The summed E-state index contributed by atoms with van der Waals surface area (Å²) in [6.07, 6.45) is 2.10. The predicted octanol–water partition coefficient (Wildman–Crippen LogP) is 2.49. The normalized spacial score (nSPS) is 12.1. The van der Waals surface area contributed by atoms with Crippen LogP contribution in [0.1, 0.15) is 47.0 Å². The third kappa shape index (κ3) is 6.96. The molecule has 0 fully saturated rings. The maximum Gasteiger partial charge on any atom is 0.134 e. The second-order valence-electron chi connectivity index (χ2n) is 4.78. The number of nitrogens with zero attached hydrogens (tertiary/aromatic N) is 1. The Morgan fingerprint density at radius 2 is 1.75 bits per heavy atom. The molecule has 0 aliphatic rings. The number of hydrogen-bond acceptors (Lipinski definition) is 3. The molecule has 0 unspecified atom stereocenters. The summed E-state index contributed by atoms with van der Waals surface area (Å²) in [7, 11) is 1.69. The van der Waals surface area contributed by atoms with E-state index >= 15 is 0 Å². The predicted molar refractivity (Wildman–Crippen MR) is 67.7 cm³/mol. The van der Waals surface area contributed by atoms with Gasteiger partial charge in [0.15, 0.2) is 0 Å². The molecule has 0 spiro atoms. The minimum atomic E-state index is -0.176. The number of rotatable bonds is 9. The third-order valence-electron chi connectivity index (χ3n) is 3.16. The van der Waals surface area contributed by atoms with Crippen LogP contribution in [-0.4, -0.2) is 43.0 Å². The summed E-state index contributed by atoms with van der Waals surface area (Å²) in [6.45, 7) is 11.2. The van der Waals surface area contributed by atoms with Gasteiger partial charge in [0.05, 0.1) is 5.60 Å². The van der Waals surface area contributed by atoms with Gasteiger partial charge in [-0.05, 0) is 33.4 Å². The van der Waals surface area contributed by atoms with Gasteiger partial charge in [-0.2, -0.15) is 0 Å². The van der Waals surface area contributed by atoms with Crippen LogP contribution in [0.4, 0.5) is 0 Å². The van der Waals surface area contributed by atoms with Crippen molar-refractivity contribution in [2.75, 3.05) is 26.7 Å². The highest BCUT2D eigenvalue weighted by atomic mass is 16.5. The number of carbonyl (C=O) groups is 1. The zero-order valence-corrected chi connectivity index (χ0v) is 11.5. The third-order valence-corrected chi connectivity index (χ3v) is 3.16. The SMILES string of the molecule is CCN(CC)CCC(=O)CCC(C)(C)OC. The molecule has 0 atom stereocenters. The van der Waals surface area contributed by atoms with E-state index in [0.29, 0.717) is 18.6 Å². The van der Waals surface area contributed by atoms with Gasteiger partial charge in [0.25, 0.3) is 0 Å². The molecule has 0 saturated carbocycles. The molecule has 96 valence electrons. The van der Waals surface area contributed by atoms with Crippen LogP contribution in [-0.2, 0) is 9.53 Å². The zero-order chi connectivity index (χ0) is 12.6. The van der Waals surface area contributed by atoms with Gasteiger partial charge >= 0.3 is 0 Å². The van der Waals surface area contributed by atoms with E-state index in [2.05, 4.69) is 18.7 Å². The van der Waals surface area contributed by atoms with E-state index in [1.54, 1.807) is 7.11 Å². The van der Waals surface area contributed by atoms with E-state index < -0.39 is 0 Å². The van der Waals surface area contributed by atoms with Crippen molar-refractivity contribution in [3.63, 3.8) is 0 Å². The molecule has 0 heterocycles. The quantitative estimate of drug-likeness (QED) is 0.608. The van der Waals surface area contributed by atoms with Crippen molar-refractivity contribution in [1.29, 1.82) is 0 Å². The molecule has 3 heteroatoms. The molecule has 0 bridgehead atoms. The van der Waals surface area contributed by atoms with E-state index in [1.165, 1.54) is 0 Å². The fraction of sp³-hybridized carbons (Fsp3) is 0.923. The van der Waals surface area contributed by atoms with Crippen LogP contribution < -0.4 is 0 Å². The van der Waals surface area contributed by atoms with Crippen molar-refractivity contribution >= 4 is 5.78 Å². The monoisotopic (exact) mass is 229 g/mol. The summed E-state index contributed by atoms with van der Waals surface area (Å²) in [5.74, 6) is 0.344. The maximum absolute atomic E-state index is 11.7. The van der Waals surface area contributed by atoms with E-state index in [0.717, 1.165) is 26.1 Å². The van der Waals surface area contributed by atoms with Crippen LogP contribution >= 0.6 is 0 Å². The molecule has 16 heavy (non-hydrogen) atoms. The molecule has 0 aromatic heterocycles. The molecule has 3 nitrogen and oxygen atoms in total. The Bertz CT molecular complexity index is 198. The zero-order valence-electron chi connectivity index (χ0n) is 11.5. The van der Waals surface area contributed by atoms with Gasteiger partial charge in [-0.25, -0.2) is 0 Å². The highest BCUT2D eigenvalue weighted by Crippen LogP contribution is 2.15. The summed E-state index contributed by atoms with van der Waals surface area (Å²) in [5.41, 5.74) is -0.176. The Hall–Kier alpha value is -0.410. The number of hydrogen-bond donors (Lipinski definition) is 0. The van der Waals surface area contributed by atoms with Gasteiger partial charge in [0.2, 0.25) is 0 Å². The number of ether oxygens (including phenoxy) is 1. The molecule has 0 aromatic carbocycles. The van der Waals surface area contributed by atoms with Crippen LogP contribution in [0.25, 0.3) is 0 Å². The number of ketones is 1. The van der Waals surface area contributed by atoms with E-state index in [-0.39, 0.29) is 5.60 Å². The molecule has 0 rings (SSSR count). The fourth-order valence-electron chi connectivity index (χ4n) is 1.49. The highest BCUT2D eigenvalue weighted by molar-refractivity contribution is 5.78. The van der Waals surface area contributed by atoms with Crippen molar-refractivity contribution in [2.24, 2.45) is 0 Å². The molecular weight excluding hydrogens is 202 g/mol. The van der Waals surface area contributed by atoms with Gasteiger partial charge in [-0.3, -0.25) is 4.79 Å². The summed E-state index contributed by atoms with van der Waals surface area (Å²) >= 11 is 0. The van der Waals surface area contributed by atoms with Crippen LogP contribution in [0.5, 0.6) is 0 Å². The Balaban J connectivity index is 3.75. The lowest BCUT2D eigenvalue weighted by Gasteiger charge is -2.22. The average molecular weight is 229 g/mol. The van der Waals surface area contributed by atoms with Crippen LogP contribution in [0.3, 0.4) is 0 Å². The Kier molecular flexibility index (Phi) is 7.60. The van der Waals surface area contributed by atoms with E-state index in [9.17, 15) is 4.79 Å². The summed E-state index contributed by atoms with van der Waals surface area (Å²) in [4.78, 5) is 13.9. The van der Waals surface area contributed by atoms with E-state index in [4.69, 9.17) is 4.74 Å². The first-order valence-corrected chi connectivity index (χ1v) is 6.24. The summed E-state index contributed by atoms with van der Waals surface area (Å²) in [6, 6.07) is 0. The summed E-state index contributed by atoms with van der Waals surface area (Å²) < 4.78 is 5.29. The lowest BCUT2D eigenvalue weighted by atomic mass is 9.99. The average Bonchev–Trinajstić information content (AvgIpc) is 2.28. The largest absolute Gasteiger partial charge is 0.379 e. The van der Waals surface area contributed by atoms with Crippen molar-refractivity contribution in [1.82, 2.24) is 4.90 Å². The van der Waals surface area contributed by atoms with Gasteiger partial charge in [-0.1, -0.05) is 13.8 Å². The topological polar surface area (TPSA) is 29.5 Å². The first-order valence-electron chi connectivity index (χ1n) is 6.24. The second-order valence-corrected chi connectivity index (χ2v) is 4.78. The standard InChI is InChI=1S/C13H27NO2/c1-6-14(7-2)11-9-12(15)8-10-13(3,4)16-5/h6-11H2,1-5H3. The Labute approximate surface area is 100 Å². The van der Waals surface area contributed by atoms with Crippen LogP contribution in [0.2, 0.25) is 0 Å². The van der Waals surface area contributed by atoms with Gasteiger partial charge in [-0.15, -0.1) is 0 Å². The molecule has 0 saturated heterocycles. The van der Waals surface area contributed by atoms with Crippen LogP contribution in [0.15, 0.2) is 0 Å². The first kappa shape index (κ1) is 15.6. The van der Waals surface area contributed by atoms with Crippen LogP contribution in [0, 0.1) is 0 Å². The Morgan fingerprint density at radius 3 is 2.19 bits per heavy atom. The number of methoxy groups -OCH3 is 1. The smallest absolute Gasteiger partial charge is 0.134 e. The Morgan fingerprint density at radius 1 is 1.19 bits per heavy atom. The number of carbonyl (C=O) groups excluding carboxylic acids is 1. The second kappa shape index (κ2) is 7.80. The highest BCUT2D eigenvalue weighted by Gasteiger charge is 2.17. The minimum Gasteiger partial charge on any atom is -0.379 e. The summed E-state index contributed by atoms with van der Waals surface area (Å²) in [5, 5.41) is 0. The van der Waals surface area contributed by atoms with Crippen molar-refractivity contribution in [3.05, 3.63) is 0 Å². The van der Waals surface area contributed by atoms with Crippen molar-refractivity contribution in [2.45, 2.75) is 52.6 Å². The first-order chi connectivity index (χ1) is 7.45. The number of Topliss-reactive ketones (excluding diaryl/α,β-unsaturated/α-hetero) is 1. The van der Waals surface area contributed by atoms with Gasteiger partial charge < -0.3 is 9.64 Å². The lowest BCUT2D eigenvalue weighted by Crippen LogP contribution is -2.27. The van der Waals surface area contributed by atoms with Gasteiger partial charge in [0, 0.05) is 26.5 Å². The molecule has 0 radical (unpaired) electrons. The molecule has 0 amide bonds. The fourth-order valence-corrected chi connectivity index (χ4v) is 1.49. The van der Waals surface area contributed by atoms with E-state index in [1.807, 2.05) is 13.8 Å². The molecule has 0 aliphatic carbocycles. The molecular formula is C13H27NO2. The van der Waals surface area contributed by atoms with Crippen molar-refractivity contribution in [3.8, 4) is 0 Å².